The van der Waals surface area contributed by atoms with E-state index in [2.05, 4.69) is 56.1 Å². The molecule has 0 saturated carbocycles. The first-order valence-electron chi connectivity index (χ1n) is 6.07. The van der Waals surface area contributed by atoms with Crippen molar-refractivity contribution in [3.63, 3.8) is 0 Å². The van der Waals surface area contributed by atoms with Gasteiger partial charge in [0.15, 0.2) is 0 Å². The molecule has 0 spiro atoms. The maximum atomic E-state index is 11.3. The number of amides is 1. The lowest BCUT2D eigenvalue weighted by atomic mass is 10.0. The quantitative estimate of drug-likeness (QED) is 0.748. The van der Waals surface area contributed by atoms with Gasteiger partial charge >= 0.3 is 0 Å². The van der Waals surface area contributed by atoms with Crippen LogP contribution in [0.5, 0.6) is 0 Å². The van der Waals surface area contributed by atoms with Crippen molar-refractivity contribution in [2.24, 2.45) is 5.92 Å². The highest BCUT2D eigenvalue weighted by atomic mass is 32.1. The van der Waals surface area contributed by atoms with Gasteiger partial charge in [-0.1, -0.05) is 38.1 Å². The Morgan fingerprint density at radius 1 is 1.24 bits per heavy atom. The molecule has 0 radical (unpaired) electrons. The van der Waals surface area contributed by atoms with Crippen LogP contribution in [0.15, 0.2) is 24.3 Å². The van der Waals surface area contributed by atoms with Crippen molar-refractivity contribution in [3.05, 3.63) is 35.4 Å². The molecule has 2 nitrogen and oxygen atoms in total. The fourth-order valence-electron chi connectivity index (χ4n) is 1.66. The molecular formula is C14H21NOS. The van der Waals surface area contributed by atoms with E-state index >= 15 is 0 Å². The van der Waals surface area contributed by atoms with Crippen LogP contribution >= 0.6 is 12.6 Å². The minimum absolute atomic E-state index is 0.0613. The minimum Gasteiger partial charge on any atom is -0.352 e. The van der Waals surface area contributed by atoms with Crippen LogP contribution in [0.25, 0.3) is 0 Å². The summed E-state index contributed by atoms with van der Waals surface area (Å²) in [5, 5.41) is 2.87. The zero-order valence-electron chi connectivity index (χ0n) is 10.6. The van der Waals surface area contributed by atoms with E-state index in [0.717, 1.165) is 12.0 Å². The SMILES string of the molecule is CC(C)Cc1ccc(CNC(=O)CCS)cc1. The maximum absolute atomic E-state index is 11.3. The summed E-state index contributed by atoms with van der Waals surface area (Å²) in [4.78, 5) is 11.3. The normalized spacial score (nSPS) is 10.6. The smallest absolute Gasteiger partial charge is 0.221 e. The number of carbonyl (C=O) groups is 1. The molecule has 0 saturated heterocycles. The van der Waals surface area contributed by atoms with Crippen molar-refractivity contribution in [2.75, 3.05) is 5.75 Å². The zero-order chi connectivity index (χ0) is 12.7. The van der Waals surface area contributed by atoms with Gasteiger partial charge in [-0.25, -0.2) is 0 Å². The van der Waals surface area contributed by atoms with Crippen LogP contribution in [-0.4, -0.2) is 11.7 Å². The van der Waals surface area contributed by atoms with Crippen LogP contribution in [0, 0.1) is 5.92 Å². The summed E-state index contributed by atoms with van der Waals surface area (Å²) in [6, 6.07) is 8.44. The lowest BCUT2D eigenvalue weighted by Gasteiger charge is -2.07. The molecule has 0 atom stereocenters. The number of nitrogens with one attached hydrogen (secondary N) is 1. The van der Waals surface area contributed by atoms with Crippen LogP contribution in [0.1, 0.15) is 31.4 Å². The number of hydrogen-bond acceptors (Lipinski definition) is 2. The highest BCUT2D eigenvalue weighted by Gasteiger charge is 2.01. The summed E-state index contributed by atoms with van der Waals surface area (Å²) in [6.45, 7) is 5.03. The monoisotopic (exact) mass is 251 g/mol. The molecule has 3 heteroatoms. The Morgan fingerprint density at radius 2 is 1.82 bits per heavy atom. The Balaban J connectivity index is 2.42. The molecule has 1 aromatic carbocycles. The molecule has 1 N–H and O–H groups in total. The van der Waals surface area contributed by atoms with Gasteiger partial charge in [0, 0.05) is 13.0 Å². The van der Waals surface area contributed by atoms with E-state index in [1.807, 2.05) is 0 Å². The average Bonchev–Trinajstić information content (AvgIpc) is 2.28. The standard InChI is InChI=1S/C14H21NOS/c1-11(2)9-12-3-5-13(6-4-12)10-15-14(16)7-8-17/h3-6,11,17H,7-10H2,1-2H3,(H,15,16). The van der Waals surface area contributed by atoms with Gasteiger partial charge in [0.05, 0.1) is 0 Å². The molecule has 0 aliphatic carbocycles. The Hall–Kier alpha value is -0.960. The molecule has 1 rings (SSSR count). The Morgan fingerprint density at radius 3 is 2.35 bits per heavy atom. The highest BCUT2D eigenvalue weighted by Crippen LogP contribution is 2.09. The first-order valence-corrected chi connectivity index (χ1v) is 6.70. The fourth-order valence-corrected chi connectivity index (χ4v) is 1.86. The van der Waals surface area contributed by atoms with Gasteiger partial charge in [0.1, 0.15) is 0 Å². The zero-order valence-corrected chi connectivity index (χ0v) is 11.5. The molecule has 0 aliphatic rings. The van der Waals surface area contributed by atoms with Crippen LogP contribution < -0.4 is 5.32 Å². The van der Waals surface area contributed by atoms with Crippen LogP contribution in [0.3, 0.4) is 0 Å². The van der Waals surface area contributed by atoms with Gasteiger partial charge in [-0.05, 0) is 29.2 Å². The van der Waals surface area contributed by atoms with Crippen molar-refractivity contribution in [3.8, 4) is 0 Å². The van der Waals surface area contributed by atoms with Crippen molar-refractivity contribution in [1.82, 2.24) is 5.32 Å². The lowest BCUT2D eigenvalue weighted by Crippen LogP contribution is -2.22. The Bertz CT molecular complexity index is 346. The molecule has 0 heterocycles. The van der Waals surface area contributed by atoms with Gasteiger partial charge in [-0.3, -0.25) is 4.79 Å². The van der Waals surface area contributed by atoms with Gasteiger partial charge in [0.2, 0.25) is 5.91 Å². The van der Waals surface area contributed by atoms with Crippen LogP contribution in [0.2, 0.25) is 0 Å². The van der Waals surface area contributed by atoms with Gasteiger partial charge < -0.3 is 5.32 Å². The largest absolute Gasteiger partial charge is 0.352 e. The summed E-state index contributed by atoms with van der Waals surface area (Å²) >= 11 is 4.02. The summed E-state index contributed by atoms with van der Waals surface area (Å²) in [7, 11) is 0. The third-order valence-corrected chi connectivity index (χ3v) is 2.72. The minimum atomic E-state index is 0.0613. The van der Waals surface area contributed by atoms with Crippen LogP contribution in [0.4, 0.5) is 0 Å². The molecule has 1 amide bonds. The van der Waals surface area contributed by atoms with E-state index in [-0.39, 0.29) is 5.91 Å². The topological polar surface area (TPSA) is 29.1 Å². The molecule has 0 bridgehead atoms. The Labute approximate surface area is 109 Å². The number of rotatable bonds is 6. The molecule has 0 unspecified atom stereocenters. The van der Waals surface area contributed by atoms with E-state index in [4.69, 9.17) is 0 Å². The number of carbonyl (C=O) groups excluding carboxylic acids is 1. The summed E-state index contributed by atoms with van der Waals surface area (Å²) in [6.07, 6.45) is 1.58. The average molecular weight is 251 g/mol. The fraction of sp³-hybridized carbons (Fsp3) is 0.500. The lowest BCUT2D eigenvalue weighted by molar-refractivity contribution is -0.120. The number of thiol groups is 1. The second-order valence-corrected chi connectivity index (χ2v) is 5.11. The summed E-state index contributed by atoms with van der Waals surface area (Å²) in [5.74, 6) is 1.33. The van der Waals surface area contributed by atoms with Crippen molar-refractivity contribution < 1.29 is 4.79 Å². The van der Waals surface area contributed by atoms with Gasteiger partial charge in [-0.2, -0.15) is 12.6 Å². The highest BCUT2D eigenvalue weighted by molar-refractivity contribution is 7.80. The molecule has 0 fully saturated rings. The number of benzene rings is 1. The van der Waals surface area contributed by atoms with Crippen molar-refractivity contribution in [2.45, 2.75) is 33.2 Å². The molecule has 0 aliphatic heterocycles. The second-order valence-electron chi connectivity index (χ2n) is 4.66. The molecule has 1 aromatic rings. The summed E-state index contributed by atoms with van der Waals surface area (Å²) < 4.78 is 0. The van der Waals surface area contributed by atoms with E-state index < -0.39 is 0 Å². The third kappa shape index (κ3) is 5.78. The molecule has 0 aromatic heterocycles. The van der Waals surface area contributed by atoms with E-state index in [9.17, 15) is 4.79 Å². The summed E-state index contributed by atoms with van der Waals surface area (Å²) in [5.41, 5.74) is 2.50. The van der Waals surface area contributed by atoms with E-state index in [1.165, 1.54) is 5.56 Å². The maximum Gasteiger partial charge on any atom is 0.221 e. The first-order chi connectivity index (χ1) is 8.11. The first kappa shape index (κ1) is 14.1. The van der Waals surface area contributed by atoms with E-state index in [0.29, 0.717) is 24.6 Å². The molecule has 17 heavy (non-hydrogen) atoms. The van der Waals surface area contributed by atoms with Crippen molar-refractivity contribution >= 4 is 18.5 Å². The number of hydrogen-bond donors (Lipinski definition) is 2. The molecular weight excluding hydrogens is 230 g/mol. The van der Waals surface area contributed by atoms with Crippen molar-refractivity contribution in [1.29, 1.82) is 0 Å². The predicted octanol–water partition coefficient (Wildman–Crippen LogP) is 2.82. The predicted molar refractivity (Wildman–Crippen MR) is 75.3 cm³/mol. The van der Waals surface area contributed by atoms with Gasteiger partial charge in [0.25, 0.3) is 0 Å². The van der Waals surface area contributed by atoms with Gasteiger partial charge in [-0.15, -0.1) is 0 Å². The second kappa shape index (κ2) is 7.38. The Kier molecular flexibility index (Phi) is 6.12. The molecule has 94 valence electrons. The van der Waals surface area contributed by atoms with Crippen LogP contribution in [-0.2, 0) is 17.8 Å². The van der Waals surface area contributed by atoms with E-state index in [1.54, 1.807) is 0 Å². The third-order valence-electron chi connectivity index (χ3n) is 2.50.